The summed E-state index contributed by atoms with van der Waals surface area (Å²) in [4.78, 5) is 4.15. The molecule has 2 N–H and O–H groups in total. The van der Waals surface area contributed by atoms with Gasteiger partial charge in [0.15, 0.2) is 0 Å². The number of nitrogens with one attached hydrogen (secondary N) is 1. The normalized spacial score (nSPS) is 12.1. The molecule has 0 spiro atoms. The Kier molecular flexibility index (Phi) is 5.17. The van der Waals surface area contributed by atoms with Gasteiger partial charge >= 0.3 is 0 Å². The predicted molar refractivity (Wildman–Crippen MR) is 84.5 cm³/mol. The molecular weight excluding hydrogens is 248 g/mol. The summed E-state index contributed by atoms with van der Waals surface area (Å²) in [6.45, 7) is 0. The van der Waals surface area contributed by atoms with Gasteiger partial charge < -0.3 is 10.4 Å². The fraction of sp³-hybridized carbons (Fsp3) is 0. The first-order chi connectivity index (χ1) is 9.84. The van der Waals surface area contributed by atoms with Crippen molar-refractivity contribution in [3.8, 4) is 0 Å². The van der Waals surface area contributed by atoms with E-state index in [1.807, 2.05) is 60.7 Å². The average Bonchev–Trinajstić information content (AvgIpc) is 2.52. The highest BCUT2D eigenvalue weighted by atomic mass is 16.3. The Morgan fingerprint density at radius 2 is 1.60 bits per heavy atom. The number of anilines is 1. The number of allylic oxidation sites excluding steroid dienone is 3. The number of aliphatic hydroxyl groups is 1. The molecule has 2 aromatic rings. The maximum atomic E-state index is 9.64. The fourth-order valence-electron chi connectivity index (χ4n) is 1.52. The Morgan fingerprint density at radius 3 is 2.30 bits per heavy atom. The second kappa shape index (κ2) is 7.59. The van der Waals surface area contributed by atoms with Gasteiger partial charge in [0.25, 0.3) is 0 Å². The third-order valence-corrected chi connectivity index (χ3v) is 2.49. The summed E-state index contributed by atoms with van der Waals surface area (Å²) < 4.78 is 0. The summed E-state index contributed by atoms with van der Waals surface area (Å²) in [5, 5.41) is 12.7. The van der Waals surface area contributed by atoms with Crippen LogP contribution in [0.3, 0.4) is 0 Å². The van der Waals surface area contributed by atoms with Crippen LogP contribution in [-0.4, -0.2) is 11.3 Å². The molecule has 0 amide bonds. The van der Waals surface area contributed by atoms with Crippen molar-refractivity contribution >= 4 is 17.6 Å². The first kappa shape index (κ1) is 13.6. The summed E-state index contributed by atoms with van der Waals surface area (Å²) in [7, 11) is 0. The Labute approximate surface area is 118 Å². The third-order valence-electron chi connectivity index (χ3n) is 2.49. The molecule has 0 aromatic heterocycles. The Morgan fingerprint density at radius 1 is 0.950 bits per heavy atom. The van der Waals surface area contributed by atoms with Crippen molar-refractivity contribution in [3.63, 3.8) is 0 Å². The van der Waals surface area contributed by atoms with E-state index in [-0.39, 0.29) is 5.76 Å². The van der Waals surface area contributed by atoms with Crippen LogP contribution >= 0.6 is 0 Å². The van der Waals surface area contributed by atoms with Gasteiger partial charge in [-0.25, -0.2) is 0 Å². The molecule has 0 aliphatic rings. The van der Waals surface area contributed by atoms with Crippen LogP contribution in [0.25, 0.3) is 0 Å². The molecule has 2 aromatic carbocycles. The lowest BCUT2D eigenvalue weighted by atomic mass is 10.3. The van der Waals surface area contributed by atoms with Crippen LogP contribution in [0, 0.1) is 0 Å². The Bertz CT molecular complexity index is 601. The lowest BCUT2D eigenvalue weighted by Gasteiger charge is -1.97. The first-order valence-corrected chi connectivity index (χ1v) is 6.31. The Hall–Kier alpha value is -2.81. The average molecular weight is 264 g/mol. The van der Waals surface area contributed by atoms with Gasteiger partial charge in [-0.3, -0.25) is 4.99 Å². The maximum Gasteiger partial charge on any atom is 0.133 e. The van der Waals surface area contributed by atoms with Gasteiger partial charge in [0.2, 0.25) is 0 Å². The topological polar surface area (TPSA) is 44.6 Å². The van der Waals surface area contributed by atoms with Crippen molar-refractivity contribution < 1.29 is 5.11 Å². The first-order valence-electron chi connectivity index (χ1n) is 6.31. The number of nitrogens with zero attached hydrogens (tertiary/aromatic N) is 1. The van der Waals surface area contributed by atoms with Crippen molar-refractivity contribution in [2.24, 2.45) is 4.99 Å². The molecule has 0 bridgehead atoms. The molecule has 3 nitrogen and oxygen atoms in total. The highest BCUT2D eigenvalue weighted by Gasteiger charge is 1.87. The van der Waals surface area contributed by atoms with E-state index >= 15 is 0 Å². The van der Waals surface area contributed by atoms with Gasteiger partial charge in [-0.1, -0.05) is 36.4 Å². The van der Waals surface area contributed by atoms with Crippen LogP contribution in [0.15, 0.2) is 89.8 Å². The van der Waals surface area contributed by atoms with Gasteiger partial charge in [0.05, 0.1) is 11.9 Å². The Balaban J connectivity index is 1.86. The number of aliphatic imine (C=N–C) groups is 1. The molecule has 0 radical (unpaired) electrons. The van der Waals surface area contributed by atoms with Crippen molar-refractivity contribution in [2.75, 3.05) is 5.32 Å². The third kappa shape index (κ3) is 4.82. The molecule has 0 atom stereocenters. The van der Waals surface area contributed by atoms with Crippen molar-refractivity contribution in [3.05, 3.63) is 84.8 Å². The molecule has 100 valence electrons. The second-order valence-corrected chi connectivity index (χ2v) is 4.05. The number of hydrogen-bond donors (Lipinski definition) is 2. The molecule has 0 saturated heterocycles. The van der Waals surface area contributed by atoms with Crippen LogP contribution in [0.5, 0.6) is 0 Å². The van der Waals surface area contributed by atoms with E-state index in [9.17, 15) is 5.11 Å². The minimum absolute atomic E-state index is 0.0972. The molecule has 0 heterocycles. The molecular formula is C17H16N2O. The summed E-state index contributed by atoms with van der Waals surface area (Å²) >= 11 is 0. The van der Waals surface area contributed by atoms with E-state index < -0.39 is 0 Å². The van der Waals surface area contributed by atoms with E-state index in [4.69, 9.17) is 0 Å². The summed E-state index contributed by atoms with van der Waals surface area (Å²) in [6.07, 6.45) is 6.46. The highest BCUT2D eigenvalue weighted by molar-refractivity contribution is 5.78. The number of rotatable bonds is 5. The second-order valence-electron chi connectivity index (χ2n) is 4.05. The van der Waals surface area contributed by atoms with Crippen molar-refractivity contribution in [1.82, 2.24) is 0 Å². The van der Waals surface area contributed by atoms with E-state index in [0.717, 1.165) is 11.4 Å². The lowest BCUT2D eigenvalue weighted by Crippen LogP contribution is -1.85. The standard InChI is InChI=1S/C17H16N2O/c20-17(14-19-16-10-5-2-6-11-16)12-7-13-18-15-8-3-1-4-9-15/h1-14,18,20H/b13-7+,17-12+,19-14?. The lowest BCUT2D eigenvalue weighted by molar-refractivity contribution is 0.446. The monoisotopic (exact) mass is 264 g/mol. The summed E-state index contributed by atoms with van der Waals surface area (Å²) in [6, 6.07) is 19.3. The van der Waals surface area contributed by atoms with Crippen molar-refractivity contribution in [2.45, 2.75) is 0 Å². The van der Waals surface area contributed by atoms with E-state index in [1.165, 1.54) is 6.21 Å². The number of para-hydroxylation sites is 2. The number of aliphatic hydroxyl groups excluding tert-OH is 1. The van der Waals surface area contributed by atoms with Gasteiger partial charge in [-0.2, -0.15) is 0 Å². The summed E-state index contributed by atoms with van der Waals surface area (Å²) in [5.74, 6) is 0.0972. The minimum Gasteiger partial charge on any atom is -0.506 e. The van der Waals surface area contributed by atoms with E-state index in [2.05, 4.69) is 10.3 Å². The molecule has 3 heteroatoms. The van der Waals surface area contributed by atoms with Crippen LogP contribution in [0.4, 0.5) is 11.4 Å². The zero-order valence-corrected chi connectivity index (χ0v) is 11.0. The zero-order chi connectivity index (χ0) is 14.0. The summed E-state index contributed by atoms with van der Waals surface area (Å²) in [5.41, 5.74) is 1.80. The van der Waals surface area contributed by atoms with E-state index in [1.54, 1.807) is 18.4 Å². The zero-order valence-electron chi connectivity index (χ0n) is 11.0. The maximum absolute atomic E-state index is 9.64. The quantitative estimate of drug-likeness (QED) is 0.476. The molecule has 20 heavy (non-hydrogen) atoms. The molecule has 2 rings (SSSR count). The largest absolute Gasteiger partial charge is 0.506 e. The highest BCUT2D eigenvalue weighted by Crippen LogP contribution is 2.09. The van der Waals surface area contributed by atoms with Gasteiger partial charge in [0.1, 0.15) is 5.76 Å². The van der Waals surface area contributed by atoms with E-state index in [0.29, 0.717) is 0 Å². The minimum atomic E-state index is 0.0972. The van der Waals surface area contributed by atoms with Crippen LogP contribution in [0.1, 0.15) is 0 Å². The number of hydrogen-bond acceptors (Lipinski definition) is 3. The van der Waals surface area contributed by atoms with Crippen LogP contribution < -0.4 is 5.32 Å². The van der Waals surface area contributed by atoms with Gasteiger partial charge in [-0.05, 0) is 36.4 Å². The molecule has 0 aliphatic heterocycles. The molecule has 0 saturated carbocycles. The SMILES string of the molecule is O/C(C=Nc1ccccc1)=C/C=C/Nc1ccccc1. The van der Waals surface area contributed by atoms with Crippen molar-refractivity contribution in [1.29, 1.82) is 0 Å². The van der Waals surface area contributed by atoms with Crippen LogP contribution in [0.2, 0.25) is 0 Å². The van der Waals surface area contributed by atoms with Crippen LogP contribution in [-0.2, 0) is 0 Å². The predicted octanol–water partition coefficient (Wildman–Crippen LogP) is 4.46. The molecule has 0 aliphatic carbocycles. The van der Waals surface area contributed by atoms with Gasteiger partial charge in [0, 0.05) is 11.9 Å². The smallest absolute Gasteiger partial charge is 0.133 e. The van der Waals surface area contributed by atoms with Gasteiger partial charge in [-0.15, -0.1) is 0 Å². The molecule has 0 fully saturated rings. The molecule has 0 unspecified atom stereocenters. The number of benzene rings is 2. The fourth-order valence-corrected chi connectivity index (χ4v) is 1.52.